The lowest BCUT2D eigenvalue weighted by Gasteiger charge is -2.00. The summed E-state index contributed by atoms with van der Waals surface area (Å²) < 4.78 is 5.41. The van der Waals surface area contributed by atoms with Gasteiger partial charge in [0.15, 0.2) is 0 Å². The molecule has 0 spiro atoms. The first kappa shape index (κ1) is 10.6. The highest BCUT2D eigenvalue weighted by Gasteiger charge is 2.07. The third-order valence-electron chi connectivity index (χ3n) is 1.73. The van der Waals surface area contributed by atoms with E-state index in [1.165, 1.54) is 10.9 Å². The number of amides is 1. The number of aromatic nitrogens is 4. The van der Waals surface area contributed by atoms with Crippen molar-refractivity contribution in [2.75, 3.05) is 11.1 Å². The van der Waals surface area contributed by atoms with E-state index in [9.17, 15) is 4.79 Å². The van der Waals surface area contributed by atoms with E-state index in [0.717, 1.165) is 11.5 Å². The molecule has 8 heteroatoms. The topological polar surface area (TPSA) is 98.7 Å². The van der Waals surface area contributed by atoms with E-state index >= 15 is 0 Å². The van der Waals surface area contributed by atoms with Gasteiger partial charge in [-0.1, -0.05) is 0 Å². The summed E-state index contributed by atoms with van der Waals surface area (Å²) in [5.74, 6) is 0.433. The van der Waals surface area contributed by atoms with Crippen molar-refractivity contribution in [3.05, 3.63) is 18.2 Å². The normalized spacial score (nSPS) is 10.3. The Morgan fingerprint density at radius 2 is 2.50 bits per heavy atom. The van der Waals surface area contributed by atoms with Crippen LogP contribution in [0.4, 0.5) is 10.8 Å². The molecule has 3 N–H and O–H groups in total. The predicted molar refractivity (Wildman–Crippen MR) is 59.9 cm³/mol. The highest BCUT2D eigenvalue weighted by molar-refractivity contribution is 7.09. The molecule has 0 radical (unpaired) electrons. The Labute approximate surface area is 95.5 Å². The second kappa shape index (κ2) is 4.27. The Balaban J connectivity index is 1.94. The van der Waals surface area contributed by atoms with Gasteiger partial charge >= 0.3 is 0 Å². The van der Waals surface area contributed by atoms with Crippen LogP contribution < -0.4 is 11.1 Å². The summed E-state index contributed by atoms with van der Waals surface area (Å²) in [6.07, 6.45) is 3.08. The molecule has 0 unspecified atom stereocenters. The number of hydrogen-bond donors (Lipinski definition) is 2. The number of nitrogens with two attached hydrogens (primary N) is 1. The Hall–Kier alpha value is -1.96. The quantitative estimate of drug-likeness (QED) is 0.799. The van der Waals surface area contributed by atoms with Gasteiger partial charge in [0.25, 0.3) is 0 Å². The molecular formula is C8H10N6OS. The predicted octanol–water partition coefficient (Wildman–Crippen LogP) is 0.264. The van der Waals surface area contributed by atoms with Gasteiger partial charge in [-0.05, 0) is 6.92 Å². The first-order chi connectivity index (χ1) is 7.63. The molecule has 0 bridgehead atoms. The van der Waals surface area contributed by atoms with Crippen LogP contribution >= 0.6 is 11.5 Å². The average molecular weight is 238 g/mol. The zero-order valence-corrected chi connectivity index (χ0v) is 9.36. The van der Waals surface area contributed by atoms with Crippen LogP contribution in [0.15, 0.2) is 12.4 Å². The Morgan fingerprint density at radius 1 is 1.69 bits per heavy atom. The lowest BCUT2D eigenvalue weighted by atomic mass is 10.5. The molecule has 1 amide bonds. The number of nitrogen functional groups attached to an aromatic ring is 1. The fourth-order valence-electron chi connectivity index (χ4n) is 1.12. The summed E-state index contributed by atoms with van der Waals surface area (Å²) >= 11 is 1.15. The summed E-state index contributed by atoms with van der Waals surface area (Å²) in [6, 6.07) is 0. The highest BCUT2D eigenvalue weighted by atomic mass is 32.1. The number of hydrogen-bond acceptors (Lipinski definition) is 6. The van der Waals surface area contributed by atoms with Crippen LogP contribution in [-0.4, -0.2) is 25.0 Å². The van der Waals surface area contributed by atoms with Crippen LogP contribution in [0.25, 0.3) is 0 Å². The molecule has 0 aliphatic heterocycles. The van der Waals surface area contributed by atoms with Gasteiger partial charge in [0.2, 0.25) is 11.0 Å². The van der Waals surface area contributed by atoms with Crippen molar-refractivity contribution < 1.29 is 4.79 Å². The molecule has 2 rings (SSSR count). The van der Waals surface area contributed by atoms with Gasteiger partial charge in [0.05, 0.1) is 11.9 Å². The van der Waals surface area contributed by atoms with Gasteiger partial charge in [-0.3, -0.25) is 14.8 Å². The third kappa shape index (κ3) is 2.54. The zero-order chi connectivity index (χ0) is 11.5. The van der Waals surface area contributed by atoms with Crippen LogP contribution in [0.2, 0.25) is 0 Å². The van der Waals surface area contributed by atoms with E-state index in [2.05, 4.69) is 19.8 Å². The first-order valence-electron chi connectivity index (χ1n) is 4.51. The highest BCUT2D eigenvalue weighted by Crippen LogP contribution is 2.09. The molecule has 0 atom stereocenters. The first-order valence-corrected chi connectivity index (χ1v) is 5.29. The summed E-state index contributed by atoms with van der Waals surface area (Å²) in [7, 11) is 0. The maximum absolute atomic E-state index is 11.5. The Kier molecular flexibility index (Phi) is 2.82. The third-order valence-corrected chi connectivity index (χ3v) is 2.45. The Bertz CT molecular complexity index is 460. The molecular weight excluding hydrogens is 228 g/mol. The minimum absolute atomic E-state index is 0.107. The van der Waals surface area contributed by atoms with Crippen LogP contribution in [0.5, 0.6) is 0 Å². The van der Waals surface area contributed by atoms with E-state index in [0.29, 0.717) is 16.6 Å². The van der Waals surface area contributed by atoms with Gasteiger partial charge < -0.3 is 5.73 Å². The van der Waals surface area contributed by atoms with E-state index in [4.69, 9.17) is 5.73 Å². The molecule has 0 fully saturated rings. The molecule has 84 valence electrons. The van der Waals surface area contributed by atoms with Crippen molar-refractivity contribution in [3.63, 3.8) is 0 Å². The summed E-state index contributed by atoms with van der Waals surface area (Å²) in [4.78, 5) is 15.5. The molecule has 2 aromatic rings. The monoisotopic (exact) mass is 238 g/mol. The fourth-order valence-corrected chi connectivity index (χ4v) is 1.71. The molecule has 2 heterocycles. The Morgan fingerprint density at radius 3 is 3.06 bits per heavy atom. The number of aryl methyl sites for hydroxylation is 1. The number of carbonyl (C=O) groups excluding carboxylic acids is 1. The van der Waals surface area contributed by atoms with E-state index < -0.39 is 0 Å². The zero-order valence-electron chi connectivity index (χ0n) is 8.54. The summed E-state index contributed by atoms with van der Waals surface area (Å²) in [6.45, 7) is 1.87. The number of anilines is 2. The molecule has 2 aromatic heterocycles. The number of carbonyl (C=O) groups is 1. The van der Waals surface area contributed by atoms with Crippen molar-refractivity contribution in [1.82, 2.24) is 19.1 Å². The smallest absolute Gasteiger partial charge is 0.247 e. The number of nitrogens with zero attached hydrogens (tertiary/aromatic N) is 4. The maximum atomic E-state index is 11.5. The second-order valence-electron chi connectivity index (χ2n) is 3.17. The molecule has 0 saturated carbocycles. The number of rotatable bonds is 3. The molecule has 16 heavy (non-hydrogen) atoms. The van der Waals surface area contributed by atoms with Gasteiger partial charge in [-0.15, -0.1) is 0 Å². The van der Waals surface area contributed by atoms with Crippen LogP contribution in [-0.2, 0) is 11.3 Å². The van der Waals surface area contributed by atoms with Crippen molar-refractivity contribution >= 4 is 28.3 Å². The summed E-state index contributed by atoms with van der Waals surface area (Å²) in [5, 5.41) is 7.01. The molecule has 0 saturated heterocycles. The van der Waals surface area contributed by atoms with Gasteiger partial charge in [0, 0.05) is 17.7 Å². The van der Waals surface area contributed by atoms with E-state index in [1.54, 1.807) is 13.1 Å². The van der Waals surface area contributed by atoms with Crippen molar-refractivity contribution in [2.24, 2.45) is 0 Å². The maximum Gasteiger partial charge on any atom is 0.247 e. The van der Waals surface area contributed by atoms with Crippen molar-refractivity contribution in [2.45, 2.75) is 13.5 Å². The SMILES string of the molecule is Cc1nsc(NC(=O)Cn2cc(N)cn2)n1. The largest absolute Gasteiger partial charge is 0.396 e. The van der Waals surface area contributed by atoms with Crippen LogP contribution in [0, 0.1) is 6.92 Å². The molecule has 0 aromatic carbocycles. The number of nitrogens with one attached hydrogen (secondary N) is 1. The van der Waals surface area contributed by atoms with Crippen molar-refractivity contribution in [3.8, 4) is 0 Å². The van der Waals surface area contributed by atoms with Crippen molar-refractivity contribution in [1.29, 1.82) is 0 Å². The average Bonchev–Trinajstić information content (AvgIpc) is 2.76. The van der Waals surface area contributed by atoms with E-state index in [-0.39, 0.29) is 12.5 Å². The lowest BCUT2D eigenvalue weighted by Crippen LogP contribution is -2.18. The minimum atomic E-state index is -0.209. The standard InChI is InChI=1S/C8H10N6OS/c1-5-11-8(16-13-5)12-7(15)4-14-3-6(9)2-10-14/h2-3H,4,9H2,1H3,(H,11,12,13,15). The molecule has 7 nitrogen and oxygen atoms in total. The van der Waals surface area contributed by atoms with Crippen LogP contribution in [0.1, 0.15) is 5.82 Å². The lowest BCUT2D eigenvalue weighted by molar-refractivity contribution is -0.116. The minimum Gasteiger partial charge on any atom is -0.396 e. The fraction of sp³-hybridized carbons (Fsp3) is 0.250. The van der Waals surface area contributed by atoms with Gasteiger partial charge in [0.1, 0.15) is 12.4 Å². The van der Waals surface area contributed by atoms with Gasteiger partial charge in [-0.2, -0.15) is 9.47 Å². The second-order valence-corrected chi connectivity index (χ2v) is 3.92. The summed E-state index contributed by atoms with van der Waals surface area (Å²) in [5.41, 5.74) is 6.00. The molecule has 0 aliphatic carbocycles. The van der Waals surface area contributed by atoms with Gasteiger partial charge in [-0.25, -0.2) is 4.98 Å². The van der Waals surface area contributed by atoms with E-state index in [1.807, 2.05) is 0 Å². The van der Waals surface area contributed by atoms with Crippen LogP contribution in [0.3, 0.4) is 0 Å². The molecule has 0 aliphatic rings.